The molecule has 1 fully saturated rings. The van der Waals surface area contributed by atoms with E-state index in [0.29, 0.717) is 18.5 Å². The molecule has 1 aliphatic heterocycles. The molecule has 244 valence electrons. The van der Waals surface area contributed by atoms with E-state index in [1.54, 1.807) is 13.1 Å². The fraction of sp³-hybridized carbons (Fsp3) is 0.469. The van der Waals surface area contributed by atoms with Crippen molar-refractivity contribution in [2.24, 2.45) is 0 Å². The average Bonchev–Trinajstić information content (AvgIpc) is 3.50. The summed E-state index contributed by atoms with van der Waals surface area (Å²) in [4.78, 5) is 40.2. The average molecular weight is 638 g/mol. The lowest BCUT2D eigenvalue weighted by atomic mass is 9.72. The summed E-state index contributed by atoms with van der Waals surface area (Å²) in [5.74, 6) is -3.28. The first-order valence-corrected chi connectivity index (χ1v) is 15.0. The minimum Gasteiger partial charge on any atom is -0.507 e. The molecule has 3 aromatic rings. The fourth-order valence-corrected chi connectivity index (χ4v) is 6.71. The lowest BCUT2D eigenvalue weighted by Gasteiger charge is -2.42. The Bertz CT molecular complexity index is 1740. The Hall–Kier alpha value is -4.21. The number of aliphatic hydroxyl groups is 3. The third-order valence-electron chi connectivity index (χ3n) is 9.21. The maximum Gasteiger partial charge on any atom is 0.202 e. The molecule has 14 nitrogen and oxygen atoms in total. The second kappa shape index (κ2) is 11.9. The molecule has 0 amide bonds. The highest BCUT2D eigenvalue weighted by atomic mass is 16.7. The Kier molecular flexibility index (Phi) is 8.19. The number of ether oxygens (including phenoxy) is 3. The molecule has 1 aromatic heterocycles. The standard InChI is InChI=1S/C32H35N3O11/c1-14-27(38)19(35-13-16(33-34-35)6-5-9-36)10-22(45-14)46-21-12-32(43,15(2)37)11-18-24(21)31(42)26-25(29(18)40)28(39)17-7-4-8-20(44-3)23(17)30(26)41/h4,7-8,13-14,19,21-22,27,36,38,40,42-43H,5-6,9-12H2,1-3H3/t14-,19-,21-,22-,27+,32-/m0/s1. The number of phenolic OH excluding ortho intramolecular Hbond substituents is 2. The van der Waals surface area contributed by atoms with Gasteiger partial charge in [0.1, 0.15) is 29.0 Å². The van der Waals surface area contributed by atoms with Crippen LogP contribution in [-0.2, 0) is 27.1 Å². The minimum absolute atomic E-state index is 0.0133. The van der Waals surface area contributed by atoms with Gasteiger partial charge in [0.05, 0.1) is 47.7 Å². The van der Waals surface area contributed by atoms with Crippen molar-refractivity contribution in [2.75, 3.05) is 13.7 Å². The van der Waals surface area contributed by atoms with E-state index in [1.807, 2.05) is 0 Å². The second-order valence-corrected chi connectivity index (χ2v) is 12.1. The number of Topliss-reactive ketones (excluding diaryl/α,β-unsaturated/α-hetero) is 1. The summed E-state index contributed by atoms with van der Waals surface area (Å²) in [6.07, 6.45) is -2.28. The predicted octanol–water partition coefficient (Wildman–Crippen LogP) is 1.46. The van der Waals surface area contributed by atoms with Crippen LogP contribution in [0.15, 0.2) is 24.4 Å². The topological polar surface area (TPSA) is 211 Å². The molecule has 0 bridgehead atoms. The number of aromatic nitrogens is 3. The van der Waals surface area contributed by atoms with Crippen molar-refractivity contribution in [2.45, 2.75) is 82.2 Å². The number of phenols is 2. The van der Waals surface area contributed by atoms with E-state index in [9.17, 15) is 34.8 Å². The molecule has 6 rings (SSSR count). The highest BCUT2D eigenvalue weighted by molar-refractivity contribution is 6.31. The predicted molar refractivity (Wildman–Crippen MR) is 157 cm³/mol. The number of hydrogen-bond donors (Lipinski definition) is 5. The number of carbonyl (C=O) groups is 3. The van der Waals surface area contributed by atoms with Gasteiger partial charge in [0.25, 0.3) is 0 Å². The van der Waals surface area contributed by atoms with Crippen LogP contribution in [0.25, 0.3) is 0 Å². The zero-order valence-electron chi connectivity index (χ0n) is 25.5. The van der Waals surface area contributed by atoms with Crippen molar-refractivity contribution < 1.29 is 54.1 Å². The summed E-state index contributed by atoms with van der Waals surface area (Å²) < 4.78 is 19.1. The van der Waals surface area contributed by atoms with E-state index < -0.39 is 82.6 Å². The van der Waals surface area contributed by atoms with E-state index in [-0.39, 0.29) is 47.5 Å². The van der Waals surface area contributed by atoms with Crippen LogP contribution >= 0.6 is 0 Å². The third-order valence-corrected chi connectivity index (χ3v) is 9.21. The van der Waals surface area contributed by atoms with Gasteiger partial charge in [0, 0.05) is 48.8 Å². The minimum atomic E-state index is -2.05. The van der Waals surface area contributed by atoms with Gasteiger partial charge in [0.2, 0.25) is 5.78 Å². The normalized spacial score (nSPS) is 27.1. The van der Waals surface area contributed by atoms with Crippen LogP contribution in [0.2, 0.25) is 0 Å². The van der Waals surface area contributed by atoms with Gasteiger partial charge in [-0.1, -0.05) is 17.3 Å². The summed E-state index contributed by atoms with van der Waals surface area (Å²) in [5.41, 5.74) is -2.58. The number of nitrogens with zero attached hydrogens (tertiary/aromatic N) is 3. The van der Waals surface area contributed by atoms with Crippen molar-refractivity contribution in [1.82, 2.24) is 15.0 Å². The van der Waals surface area contributed by atoms with Crippen molar-refractivity contribution >= 4 is 17.3 Å². The molecule has 1 saturated heterocycles. The molecule has 46 heavy (non-hydrogen) atoms. The van der Waals surface area contributed by atoms with Crippen LogP contribution in [0.1, 0.15) is 93.9 Å². The lowest BCUT2D eigenvalue weighted by molar-refractivity contribution is -0.255. The largest absolute Gasteiger partial charge is 0.507 e. The van der Waals surface area contributed by atoms with E-state index in [0.717, 1.165) is 0 Å². The Morgan fingerprint density at radius 3 is 2.59 bits per heavy atom. The number of carbonyl (C=O) groups excluding carboxylic acids is 3. The summed E-state index contributed by atoms with van der Waals surface area (Å²) in [5, 5.41) is 63.0. The number of hydrogen-bond acceptors (Lipinski definition) is 13. The van der Waals surface area contributed by atoms with Gasteiger partial charge in [-0.3, -0.25) is 14.4 Å². The van der Waals surface area contributed by atoms with Gasteiger partial charge >= 0.3 is 0 Å². The molecule has 5 N–H and O–H groups in total. The highest BCUT2D eigenvalue weighted by Crippen LogP contribution is 2.52. The molecule has 2 aliphatic carbocycles. The smallest absolute Gasteiger partial charge is 0.202 e. The van der Waals surface area contributed by atoms with Gasteiger partial charge in [-0.05, 0) is 32.8 Å². The molecular weight excluding hydrogens is 602 g/mol. The van der Waals surface area contributed by atoms with Crippen LogP contribution in [0.4, 0.5) is 0 Å². The van der Waals surface area contributed by atoms with E-state index in [1.165, 1.54) is 36.9 Å². The number of aliphatic hydroxyl groups excluding tert-OH is 2. The molecule has 0 spiro atoms. The molecule has 2 heterocycles. The molecule has 0 radical (unpaired) electrons. The van der Waals surface area contributed by atoms with Gasteiger partial charge < -0.3 is 39.7 Å². The fourth-order valence-electron chi connectivity index (χ4n) is 6.71. The summed E-state index contributed by atoms with van der Waals surface area (Å²) in [6, 6.07) is 3.77. The molecule has 0 unspecified atom stereocenters. The van der Waals surface area contributed by atoms with Gasteiger partial charge in [-0.15, -0.1) is 5.10 Å². The van der Waals surface area contributed by atoms with E-state index in [4.69, 9.17) is 19.3 Å². The van der Waals surface area contributed by atoms with Crippen LogP contribution in [-0.4, -0.2) is 95.7 Å². The number of benzene rings is 2. The number of aromatic hydroxyl groups is 2. The molecule has 6 atom stereocenters. The molecular formula is C32H35N3O11. The number of ketones is 3. The van der Waals surface area contributed by atoms with Crippen molar-refractivity contribution in [3.8, 4) is 17.2 Å². The van der Waals surface area contributed by atoms with Gasteiger partial charge in [-0.2, -0.15) is 0 Å². The number of methoxy groups -OCH3 is 1. The first kappa shape index (κ1) is 31.8. The van der Waals surface area contributed by atoms with Crippen molar-refractivity contribution in [1.29, 1.82) is 0 Å². The van der Waals surface area contributed by atoms with Crippen molar-refractivity contribution in [3.05, 3.63) is 63.5 Å². The van der Waals surface area contributed by atoms with Gasteiger partial charge in [-0.25, -0.2) is 4.68 Å². The molecule has 0 saturated carbocycles. The number of fused-ring (bicyclic) bond motifs is 3. The van der Waals surface area contributed by atoms with Crippen LogP contribution in [0, 0.1) is 0 Å². The molecule has 2 aromatic carbocycles. The number of rotatable bonds is 8. The number of aryl methyl sites for hydroxylation is 1. The zero-order valence-corrected chi connectivity index (χ0v) is 25.5. The van der Waals surface area contributed by atoms with Crippen LogP contribution < -0.4 is 4.74 Å². The Balaban J connectivity index is 1.41. The summed E-state index contributed by atoms with van der Waals surface area (Å²) >= 11 is 0. The zero-order chi connectivity index (χ0) is 33.1. The summed E-state index contributed by atoms with van der Waals surface area (Å²) in [7, 11) is 1.34. The third kappa shape index (κ3) is 5.06. The molecule has 14 heteroatoms. The Morgan fingerprint density at radius 2 is 1.89 bits per heavy atom. The van der Waals surface area contributed by atoms with Gasteiger partial charge in [0.15, 0.2) is 17.9 Å². The lowest BCUT2D eigenvalue weighted by Crippen LogP contribution is -2.48. The SMILES string of the molecule is COc1cccc2c1C(=O)c1c(O)c3c(c(O)c1C2=O)C[C@@](O)(C(C)=O)C[C@@H]3O[C@H]1C[C@H](n2cc(CCCO)nn2)[C@H](O)[C@H](C)O1. The first-order chi connectivity index (χ1) is 21.9. The Labute approximate surface area is 263 Å². The summed E-state index contributed by atoms with van der Waals surface area (Å²) in [6.45, 7) is 2.80. The maximum absolute atomic E-state index is 13.8. The highest BCUT2D eigenvalue weighted by Gasteiger charge is 2.49. The molecule has 3 aliphatic rings. The van der Waals surface area contributed by atoms with Crippen LogP contribution in [0.3, 0.4) is 0 Å². The Morgan fingerprint density at radius 1 is 1.15 bits per heavy atom. The monoisotopic (exact) mass is 637 g/mol. The van der Waals surface area contributed by atoms with E-state index >= 15 is 0 Å². The van der Waals surface area contributed by atoms with E-state index in [2.05, 4.69) is 10.3 Å². The first-order valence-electron chi connectivity index (χ1n) is 15.0. The van der Waals surface area contributed by atoms with Crippen molar-refractivity contribution in [3.63, 3.8) is 0 Å². The second-order valence-electron chi connectivity index (χ2n) is 12.1. The maximum atomic E-state index is 13.8. The van der Waals surface area contributed by atoms with Crippen LogP contribution in [0.5, 0.6) is 17.2 Å². The quantitative estimate of drug-likeness (QED) is 0.173.